The van der Waals surface area contributed by atoms with Gasteiger partial charge in [0.2, 0.25) is 0 Å². The minimum atomic E-state index is -0.619. The van der Waals surface area contributed by atoms with Gasteiger partial charge in [0.15, 0.2) is 0 Å². The Bertz CT molecular complexity index is 326. The summed E-state index contributed by atoms with van der Waals surface area (Å²) in [6.07, 6.45) is 10.7. The Morgan fingerprint density at radius 1 is 0.917 bits per heavy atom. The fraction of sp³-hybridized carbons (Fsp3) is 0.889. The highest BCUT2D eigenvalue weighted by Gasteiger charge is 2.22. The van der Waals surface area contributed by atoms with E-state index in [1.807, 2.05) is 13.2 Å². The van der Waals surface area contributed by atoms with E-state index in [-0.39, 0.29) is 5.97 Å². The number of rotatable bonds is 15. The first kappa shape index (κ1) is 23.1. The number of hydrogen-bond acceptors (Lipinski definition) is 5. The maximum Gasteiger partial charge on any atom is 0.407 e. The standard InChI is InChI=1S/C18H35NO4S/c1-4-6-8-9-10-11-14-22-17(20)16(12-15-24-3)19-18(21)23-13-7-5-2/h16H,4-15H2,1-3H3,(H,19,21)/t16-/m0/s1. The lowest BCUT2D eigenvalue weighted by molar-refractivity contribution is -0.146. The van der Waals surface area contributed by atoms with E-state index < -0.39 is 12.1 Å². The molecule has 0 aliphatic carbocycles. The highest BCUT2D eigenvalue weighted by molar-refractivity contribution is 7.98. The van der Waals surface area contributed by atoms with E-state index in [1.54, 1.807) is 11.8 Å². The summed E-state index contributed by atoms with van der Waals surface area (Å²) in [6, 6.07) is -0.619. The Kier molecular flexibility index (Phi) is 16.3. The summed E-state index contributed by atoms with van der Waals surface area (Å²) in [4.78, 5) is 23.9. The normalized spacial score (nSPS) is 11.8. The van der Waals surface area contributed by atoms with Crippen LogP contribution >= 0.6 is 11.8 Å². The molecule has 5 nitrogen and oxygen atoms in total. The highest BCUT2D eigenvalue weighted by atomic mass is 32.2. The summed E-state index contributed by atoms with van der Waals surface area (Å²) in [7, 11) is 0. The van der Waals surface area contributed by atoms with Crippen molar-refractivity contribution in [2.45, 2.75) is 77.7 Å². The zero-order chi connectivity index (χ0) is 18.0. The van der Waals surface area contributed by atoms with E-state index in [4.69, 9.17) is 9.47 Å². The molecule has 1 atom stereocenters. The molecule has 0 aromatic heterocycles. The molecule has 0 fully saturated rings. The predicted molar refractivity (Wildman–Crippen MR) is 101 cm³/mol. The lowest BCUT2D eigenvalue weighted by Gasteiger charge is -2.17. The smallest absolute Gasteiger partial charge is 0.407 e. The lowest BCUT2D eigenvalue weighted by Crippen LogP contribution is -2.42. The molecule has 0 spiro atoms. The molecule has 0 aromatic carbocycles. The van der Waals surface area contributed by atoms with Crippen LogP contribution in [0.4, 0.5) is 4.79 Å². The second kappa shape index (κ2) is 16.9. The Hall–Kier alpha value is -0.910. The van der Waals surface area contributed by atoms with E-state index >= 15 is 0 Å². The average molecular weight is 362 g/mol. The number of carbonyl (C=O) groups excluding carboxylic acids is 2. The number of carbonyl (C=O) groups is 2. The summed E-state index contributed by atoms with van der Waals surface area (Å²) in [5.41, 5.74) is 0. The molecular weight excluding hydrogens is 326 g/mol. The summed E-state index contributed by atoms with van der Waals surface area (Å²) in [5.74, 6) is 0.427. The number of alkyl carbamates (subject to hydrolysis) is 1. The van der Waals surface area contributed by atoms with Crippen molar-refractivity contribution in [2.75, 3.05) is 25.2 Å². The molecule has 24 heavy (non-hydrogen) atoms. The van der Waals surface area contributed by atoms with Gasteiger partial charge in [-0.3, -0.25) is 0 Å². The average Bonchev–Trinajstić information content (AvgIpc) is 2.57. The van der Waals surface area contributed by atoms with Gasteiger partial charge in [0, 0.05) is 0 Å². The highest BCUT2D eigenvalue weighted by Crippen LogP contribution is 2.07. The van der Waals surface area contributed by atoms with Crippen molar-refractivity contribution in [1.82, 2.24) is 5.32 Å². The first-order valence-corrected chi connectivity index (χ1v) is 10.6. The SMILES string of the molecule is CCCCCCCCOC(=O)[C@H](CCSC)NC(=O)OCCCC. The lowest BCUT2D eigenvalue weighted by atomic mass is 10.1. The number of ether oxygens (including phenoxy) is 2. The third kappa shape index (κ3) is 13.5. The quantitative estimate of drug-likeness (QED) is 0.343. The first-order valence-electron chi connectivity index (χ1n) is 9.24. The fourth-order valence-electron chi connectivity index (χ4n) is 2.13. The van der Waals surface area contributed by atoms with E-state index in [0.717, 1.165) is 31.4 Å². The molecule has 0 rings (SSSR count). The Labute approximate surface area is 151 Å². The van der Waals surface area contributed by atoms with Gasteiger partial charge in [-0.25, -0.2) is 9.59 Å². The molecule has 0 heterocycles. The second-order valence-corrected chi connectivity index (χ2v) is 6.89. The van der Waals surface area contributed by atoms with E-state index in [0.29, 0.717) is 19.6 Å². The number of thioether (sulfide) groups is 1. The molecule has 0 aliphatic heterocycles. The van der Waals surface area contributed by atoms with Crippen molar-refractivity contribution in [3.63, 3.8) is 0 Å². The fourth-order valence-corrected chi connectivity index (χ4v) is 2.60. The Morgan fingerprint density at radius 3 is 2.21 bits per heavy atom. The summed E-state index contributed by atoms with van der Waals surface area (Å²) in [6.45, 7) is 5.02. The van der Waals surface area contributed by atoms with Crippen LogP contribution in [0.2, 0.25) is 0 Å². The number of esters is 1. The van der Waals surface area contributed by atoms with Gasteiger partial charge in [-0.2, -0.15) is 11.8 Å². The molecule has 0 radical (unpaired) electrons. The van der Waals surface area contributed by atoms with Gasteiger partial charge >= 0.3 is 12.1 Å². The zero-order valence-corrected chi connectivity index (χ0v) is 16.4. The van der Waals surface area contributed by atoms with Crippen LogP contribution in [0.3, 0.4) is 0 Å². The van der Waals surface area contributed by atoms with E-state index in [1.165, 1.54) is 25.7 Å². The number of hydrogen-bond donors (Lipinski definition) is 1. The van der Waals surface area contributed by atoms with Crippen molar-refractivity contribution in [1.29, 1.82) is 0 Å². The van der Waals surface area contributed by atoms with Crippen LogP contribution in [-0.2, 0) is 14.3 Å². The minimum absolute atomic E-state index is 0.356. The van der Waals surface area contributed by atoms with Gasteiger partial charge in [0.05, 0.1) is 13.2 Å². The Balaban J connectivity index is 4.03. The largest absolute Gasteiger partial charge is 0.464 e. The molecule has 142 valence electrons. The molecule has 1 amide bonds. The van der Waals surface area contributed by atoms with Crippen molar-refractivity contribution >= 4 is 23.8 Å². The zero-order valence-electron chi connectivity index (χ0n) is 15.6. The van der Waals surface area contributed by atoms with Crippen LogP contribution in [0.15, 0.2) is 0 Å². The maximum absolute atomic E-state index is 12.1. The monoisotopic (exact) mass is 361 g/mol. The first-order chi connectivity index (χ1) is 11.7. The molecule has 0 saturated carbocycles. The minimum Gasteiger partial charge on any atom is -0.464 e. The van der Waals surface area contributed by atoms with Crippen molar-refractivity contribution < 1.29 is 19.1 Å². The van der Waals surface area contributed by atoms with Gasteiger partial charge in [-0.1, -0.05) is 52.4 Å². The van der Waals surface area contributed by atoms with Gasteiger partial charge in [-0.05, 0) is 31.3 Å². The van der Waals surface area contributed by atoms with Crippen LogP contribution in [0.1, 0.15) is 71.6 Å². The third-order valence-corrected chi connectivity index (χ3v) is 4.30. The van der Waals surface area contributed by atoms with E-state index in [9.17, 15) is 9.59 Å². The van der Waals surface area contributed by atoms with Crippen LogP contribution < -0.4 is 5.32 Å². The summed E-state index contributed by atoms with van der Waals surface area (Å²) >= 11 is 1.64. The van der Waals surface area contributed by atoms with Gasteiger partial charge < -0.3 is 14.8 Å². The predicted octanol–water partition coefficient (Wildman–Crippen LogP) is 4.54. The molecule has 6 heteroatoms. The molecule has 0 saturated heterocycles. The van der Waals surface area contributed by atoms with Crippen molar-refractivity contribution in [2.24, 2.45) is 0 Å². The van der Waals surface area contributed by atoms with Crippen LogP contribution in [0, 0.1) is 0 Å². The van der Waals surface area contributed by atoms with Crippen LogP contribution in [-0.4, -0.2) is 43.3 Å². The molecule has 0 aliphatic rings. The Morgan fingerprint density at radius 2 is 1.54 bits per heavy atom. The topological polar surface area (TPSA) is 64.6 Å². The molecular formula is C18H35NO4S. The maximum atomic E-state index is 12.1. The van der Waals surface area contributed by atoms with Crippen LogP contribution in [0.5, 0.6) is 0 Å². The third-order valence-electron chi connectivity index (χ3n) is 3.66. The van der Waals surface area contributed by atoms with Crippen molar-refractivity contribution in [3.8, 4) is 0 Å². The van der Waals surface area contributed by atoms with Crippen LogP contribution in [0.25, 0.3) is 0 Å². The van der Waals surface area contributed by atoms with Gasteiger partial charge in [-0.15, -0.1) is 0 Å². The second-order valence-electron chi connectivity index (χ2n) is 5.90. The number of nitrogens with one attached hydrogen (secondary N) is 1. The number of unbranched alkanes of at least 4 members (excludes halogenated alkanes) is 6. The van der Waals surface area contributed by atoms with Gasteiger partial charge in [0.25, 0.3) is 0 Å². The molecule has 1 N–H and O–H groups in total. The number of amides is 1. The molecule has 0 unspecified atom stereocenters. The van der Waals surface area contributed by atoms with E-state index in [2.05, 4.69) is 12.2 Å². The van der Waals surface area contributed by atoms with Crippen molar-refractivity contribution in [3.05, 3.63) is 0 Å². The summed E-state index contributed by atoms with van der Waals surface area (Å²) in [5, 5.41) is 2.63. The molecule has 0 aromatic rings. The summed E-state index contributed by atoms with van der Waals surface area (Å²) < 4.78 is 10.4. The van der Waals surface area contributed by atoms with Gasteiger partial charge in [0.1, 0.15) is 6.04 Å². The molecule has 0 bridgehead atoms.